The molecule has 0 aromatic heterocycles. The monoisotopic (exact) mass is 412 g/mol. The maximum absolute atomic E-state index is 12.0. The average molecular weight is 413 g/mol. The number of carbonyl (C=O) groups is 1. The van der Waals surface area contributed by atoms with Gasteiger partial charge in [-0.2, -0.15) is 0 Å². The largest absolute Gasteiger partial charge is 0.462 e. The van der Waals surface area contributed by atoms with Crippen LogP contribution in [-0.4, -0.2) is 33.4 Å². The van der Waals surface area contributed by atoms with Gasteiger partial charge in [-0.05, 0) is 30.3 Å². The molecule has 0 saturated carbocycles. The van der Waals surface area contributed by atoms with Gasteiger partial charge in [0.25, 0.3) is 10.0 Å². The van der Waals surface area contributed by atoms with Crippen LogP contribution in [0.5, 0.6) is 0 Å². The number of benzene rings is 2. The van der Waals surface area contributed by atoms with E-state index in [4.69, 9.17) is 27.9 Å². The van der Waals surface area contributed by atoms with Crippen molar-refractivity contribution >= 4 is 45.0 Å². The first-order valence-electron chi connectivity index (χ1n) is 7.67. The standard InChI is InChI=1S/C17H14Cl2N2O4S/c18-11-6-7-12(14(19)10-11)17(22)25-9-3-8-20-16-13-4-1-2-5-15(13)26(23,24)21-16/h1-2,4-7,10H,3,8-9H2,(H,20,21). The van der Waals surface area contributed by atoms with E-state index in [0.717, 1.165) is 0 Å². The number of nitrogens with one attached hydrogen (secondary N) is 1. The minimum Gasteiger partial charge on any atom is -0.462 e. The van der Waals surface area contributed by atoms with Gasteiger partial charge >= 0.3 is 5.97 Å². The summed E-state index contributed by atoms with van der Waals surface area (Å²) in [5.74, 6) is -0.251. The van der Waals surface area contributed by atoms with Crippen LogP contribution in [0, 0.1) is 0 Å². The molecule has 0 bridgehead atoms. The Balaban J connectivity index is 1.55. The molecule has 1 heterocycles. The number of hydrogen-bond acceptors (Lipinski definition) is 5. The van der Waals surface area contributed by atoms with Gasteiger partial charge in [-0.25, -0.2) is 13.2 Å². The Hall–Kier alpha value is -2.09. The third-order valence-electron chi connectivity index (χ3n) is 3.62. The van der Waals surface area contributed by atoms with Crippen molar-refractivity contribution in [1.82, 2.24) is 4.72 Å². The van der Waals surface area contributed by atoms with Crippen LogP contribution in [0.15, 0.2) is 52.4 Å². The van der Waals surface area contributed by atoms with E-state index in [1.807, 2.05) is 0 Å². The van der Waals surface area contributed by atoms with Crippen molar-refractivity contribution in [3.8, 4) is 0 Å². The molecule has 136 valence electrons. The molecule has 0 atom stereocenters. The molecule has 6 nitrogen and oxygen atoms in total. The average Bonchev–Trinajstić information content (AvgIpc) is 2.85. The first-order valence-corrected chi connectivity index (χ1v) is 9.91. The van der Waals surface area contributed by atoms with E-state index in [2.05, 4.69) is 9.71 Å². The van der Waals surface area contributed by atoms with Crippen molar-refractivity contribution in [2.24, 2.45) is 4.99 Å². The highest BCUT2D eigenvalue weighted by Gasteiger charge is 2.29. The van der Waals surface area contributed by atoms with Gasteiger partial charge in [0, 0.05) is 23.6 Å². The summed E-state index contributed by atoms with van der Waals surface area (Å²) < 4.78 is 31.5. The second kappa shape index (κ2) is 7.65. The summed E-state index contributed by atoms with van der Waals surface area (Å²) in [5.41, 5.74) is 0.775. The normalized spacial score (nSPS) is 16.2. The second-order valence-corrected chi connectivity index (χ2v) is 7.94. The fourth-order valence-electron chi connectivity index (χ4n) is 2.40. The smallest absolute Gasteiger partial charge is 0.339 e. The predicted octanol–water partition coefficient (Wildman–Crippen LogP) is 3.28. The number of ether oxygens (including phenoxy) is 1. The molecule has 0 unspecified atom stereocenters. The van der Waals surface area contributed by atoms with E-state index < -0.39 is 16.0 Å². The fraction of sp³-hybridized carbons (Fsp3) is 0.176. The quantitative estimate of drug-likeness (QED) is 0.602. The van der Waals surface area contributed by atoms with Crippen LogP contribution >= 0.6 is 23.2 Å². The van der Waals surface area contributed by atoms with Crippen molar-refractivity contribution in [2.75, 3.05) is 13.2 Å². The number of amidine groups is 1. The lowest BCUT2D eigenvalue weighted by molar-refractivity contribution is 0.0503. The Kier molecular flexibility index (Phi) is 5.50. The van der Waals surface area contributed by atoms with Crippen LogP contribution < -0.4 is 4.72 Å². The summed E-state index contributed by atoms with van der Waals surface area (Å²) in [7, 11) is -3.55. The van der Waals surface area contributed by atoms with E-state index >= 15 is 0 Å². The predicted molar refractivity (Wildman–Crippen MR) is 99.5 cm³/mol. The number of halogens is 2. The van der Waals surface area contributed by atoms with E-state index in [1.165, 1.54) is 18.2 Å². The van der Waals surface area contributed by atoms with Gasteiger partial charge in [-0.3, -0.25) is 9.71 Å². The maximum Gasteiger partial charge on any atom is 0.339 e. The molecule has 0 radical (unpaired) electrons. The summed E-state index contributed by atoms with van der Waals surface area (Å²) in [6, 6.07) is 11.1. The molecule has 9 heteroatoms. The molecular weight excluding hydrogens is 399 g/mol. The van der Waals surface area contributed by atoms with E-state index in [1.54, 1.807) is 24.3 Å². The van der Waals surface area contributed by atoms with Crippen LogP contribution in [-0.2, 0) is 14.8 Å². The minimum absolute atomic E-state index is 0.128. The lowest BCUT2D eigenvalue weighted by Gasteiger charge is -2.06. The molecule has 26 heavy (non-hydrogen) atoms. The van der Waals surface area contributed by atoms with Crippen LogP contribution in [0.25, 0.3) is 0 Å². The number of esters is 1. The molecule has 0 amide bonds. The van der Waals surface area contributed by atoms with E-state index in [-0.39, 0.29) is 22.1 Å². The maximum atomic E-state index is 12.0. The molecular formula is C17H14Cl2N2O4S. The van der Waals surface area contributed by atoms with Crippen molar-refractivity contribution in [2.45, 2.75) is 11.3 Å². The van der Waals surface area contributed by atoms with Gasteiger partial charge in [0.1, 0.15) is 5.84 Å². The van der Waals surface area contributed by atoms with E-state index in [0.29, 0.717) is 29.4 Å². The summed E-state index contributed by atoms with van der Waals surface area (Å²) in [6.45, 7) is 0.427. The molecule has 0 aliphatic carbocycles. The van der Waals surface area contributed by atoms with Gasteiger partial charge in [0.15, 0.2) is 0 Å². The zero-order chi connectivity index (χ0) is 18.7. The number of carbonyl (C=O) groups excluding carboxylic acids is 1. The molecule has 2 aromatic carbocycles. The molecule has 2 aromatic rings. The summed E-state index contributed by atoms with van der Waals surface area (Å²) in [6.07, 6.45) is 0.435. The topological polar surface area (TPSA) is 84.8 Å². The molecule has 1 aliphatic rings. The number of fused-ring (bicyclic) bond motifs is 1. The SMILES string of the molecule is O=C(OCCCN=C1NS(=O)(=O)c2ccccc21)c1ccc(Cl)cc1Cl. The zero-order valence-electron chi connectivity index (χ0n) is 13.4. The molecule has 1 aliphatic heterocycles. The Morgan fingerprint density at radius 1 is 1.15 bits per heavy atom. The van der Waals surface area contributed by atoms with Crippen LogP contribution in [0.3, 0.4) is 0 Å². The highest BCUT2D eigenvalue weighted by Crippen LogP contribution is 2.23. The zero-order valence-corrected chi connectivity index (χ0v) is 15.7. The molecule has 1 N–H and O–H groups in total. The Morgan fingerprint density at radius 2 is 1.92 bits per heavy atom. The lowest BCUT2D eigenvalue weighted by Crippen LogP contribution is -2.22. The number of nitrogens with zero attached hydrogens (tertiary/aromatic N) is 1. The summed E-state index contributed by atoms with van der Waals surface area (Å²) in [4.78, 5) is 16.4. The number of aliphatic imine (C=N–C) groups is 1. The highest BCUT2D eigenvalue weighted by molar-refractivity contribution is 7.90. The van der Waals surface area contributed by atoms with Gasteiger partial charge in [0.2, 0.25) is 0 Å². The first-order chi connectivity index (χ1) is 12.4. The van der Waals surface area contributed by atoms with Crippen LogP contribution in [0.1, 0.15) is 22.3 Å². The Bertz CT molecular complexity index is 990. The van der Waals surface area contributed by atoms with Crippen molar-refractivity contribution in [3.05, 3.63) is 63.6 Å². The first kappa shape index (κ1) is 18.7. The van der Waals surface area contributed by atoms with Crippen molar-refractivity contribution in [3.63, 3.8) is 0 Å². The third-order valence-corrected chi connectivity index (χ3v) is 5.56. The summed E-state index contributed by atoms with van der Waals surface area (Å²) >= 11 is 11.7. The van der Waals surface area contributed by atoms with Crippen LogP contribution in [0.4, 0.5) is 0 Å². The number of hydrogen-bond donors (Lipinski definition) is 1. The number of rotatable bonds is 5. The molecule has 0 spiro atoms. The van der Waals surface area contributed by atoms with Gasteiger partial charge in [-0.1, -0.05) is 35.3 Å². The lowest BCUT2D eigenvalue weighted by atomic mass is 10.2. The second-order valence-electron chi connectivity index (χ2n) is 5.45. The van der Waals surface area contributed by atoms with Crippen molar-refractivity contribution < 1.29 is 17.9 Å². The Labute approximate surface area is 160 Å². The Morgan fingerprint density at radius 3 is 2.69 bits per heavy atom. The molecule has 3 rings (SSSR count). The van der Waals surface area contributed by atoms with Crippen LogP contribution in [0.2, 0.25) is 10.0 Å². The fourth-order valence-corrected chi connectivity index (χ4v) is 4.14. The summed E-state index contributed by atoms with van der Waals surface area (Å²) in [5, 5.41) is 0.654. The molecule has 0 fully saturated rings. The highest BCUT2D eigenvalue weighted by atomic mass is 35.5. The van der Waals surface area contributed by atoms with Gasteiger partial charge < -0.3 is 4.74 Å². The van der Waals surface area contributed by atoms with E-state index in [9.17, 15) is 13.2 Å². The van der Waals surface area contributed by atoms with Gasteiger partial charge in [0.05, 0.1) is 22.1 Å². The third kappa shape index (κ3) is 4.00. The number of sulfonamides is 1. The van der Waals surface area contributed by atoms with Crippen molar-refractivity contribution in [1.29, 1.82) is 0 Å². The van der Waals surface area contributed by atoms with Gasteiger partial charge in [-0.15, -0.1) is 0 Å². The minimum atomic E-state index is -3.55. The molecule has 0 saturated heterocycles.